The number of nitriles is 2. The van der Waals surface area contributed by atoms with E-state index in [9.17, 15) is 38.8 Å². The minimum Gasteiger partial charge on any atom is -0.384 e. The summed E-state index contributed by atoms with van der Waals surface area (Å²) in [4.78, 5) is 103. The van der Waals surface area contributed by atoms with E-state index in [1.54, 1.807) is 55.6 Å². The highest BCUT2D eigenvalue weighted by Crippen LogP contribution is 2.32. The summed E-state index contributed by atoms with van der Waals surface area (Å²) in [5.74, 6) is 3.53. The van der Waals surface area contributed by atoms with E-state index in [4.69, 9.17) is 5.26 Å². The van der Waals surface area contributed by atoms with Crippen molar-refractivity contribution in [2.45, 2.75) is 90.3 Å². The Bertz CT molecular complexity index is 2660. The number of fused-ring (bicyclic) bond motifs is 1. The summed E-state index contributed by atoms with van der Waals surface area (Å²) < 4.78 is 0. The van der Waals surface area contributed by atoms with Crippen molar-refractivity contribution in [3.63, 3.8) is 0 Å². The van der Waals surface area contributed by atoms with Gasteiger partial charge < -0.3 is 31.5 Å². The molecule has 0 spiro atoms. The fraction of sp³-hybridized carbons (Fsp3) is 0.420. The summed E-state index contributed by atoms with van der Waals surface area (Å²) in [5.41, 5.74) is 1.62. The Kier molecular flexibility index (Phi) is 18.7. The molecule has 0 bridgehead atoms. The minimum atomic E-state index is -1.09. The van der Waals surface area contributed by atoms with E-state index in [-0.39, 0.29) is 54.3 Å². The predicted molar refractivity (Wildman–Crippen MR) is 261 cm³/mol. The average Bonchev–Trinajstić information content (AvgIpc) is 3.60. The van der Waals surface area contributed by atoms with Gasteiger partial charge >= 0.3 is 0 Å². The molecule has 2 aromatic carbocycles. The number of piperidine rings is 1. The smallest absolute Gasteiger partial charge is 0.264 e. The Labute approximate surface area is 407 Å². The van der Waals surface area contributed by atoms with Crippen LogP contribution in [0.3, 0.4) is 0 Å². The van der Waals surface area contributed by atoms with Crippen LogP contribution < -0.4 is 31.9 Å². The van der Waals surface area contributed by atoms with Crippen molar-refractivity contribution in [1.82, 2.24) is 40.6 Å². The van der Waals surface area contributed by atoms with Gasteiger partial charge in [-0.2, -0.15) is 15.5 Å². The summed E-state index contributed by atoms with van der Waals surface area (Å²) in [6.07, 6.45) is 5.75. The lowest BCUT2D eigenvalue weighted by Crippen LogP contribution is -2.54. The van der Waals surface area contributed by atoms with Gasteiger partial charge in [0.1, 0.15) is 29.5 Å². The zero-order valence-corrected chi connectivity index (χ0v) is 40.3. The number of hydrogen-bond donors (Lipinski definition) is 6. The third-order valence-corrected chi connectivity index (χ3v) is 11.8. The van der Waals surface area contributed by atoms with Gasteiger partial charge in [0.05, 0.1) is 34.5 Å². The number of aromatic nitrogens is 2. The first-order chi connectivity index (χ1) is 33.5. The summed E-state index contributed by atoms with van der Waals surface area (Å²) in [5, 5.41) is 36.4. The van der Waals surface area contributed by atoms with Crippen molar-refractivity contribution in [2.24, 2.45) is 0 Å². The molecule has 3 aromatic rings. The third kappa shape index (κ3) is 13.7. The number of benzene rings is 2. The van der Waals surface area contributed by atoms with Crippen LogP contribution in [0.2, 0.25) is 0 Å². The second kappa shape index (κ2) is 24.7. The van der Waals surface area contributed by atoms with Gasteiger partial charge in [-0.3, -0.25) is 48.7 Å². The zero-order valence-electron chi connectivity index (χ0n) is 40.3. The van der Waals surface area contributed by atoms with Gasteiger partial charge in [0.15, 0.2) is 0 Å². The number of rotatable bonds is 22. The van der Waals surface area contributed by atoms with Crippen molar-refractivity contribution in [3.05, 3.63) is 82.6 Å². The number of hydrogen-bond acceptors (Lipinski definition) is 15. The SMILES string of the molecule is CCCNc1nc(Nc2ccc(C#N)cc2)ncc1C#CCCCNC(=O)C(C)N(C)C(=O)C(C#N)=CC(C)(C)N(C)CCCNC(=O)CCNc1cccc2c1C(=O)N(C1CCC(=O)NC1=O)C2=O. The van der Waals surface area contributed by atoms with Crippen molar-refractivity contribution in [3.8, 4) is 24.0 Å². The van der Waals surface area contributed by atoms with Crippen LogP contribution >= 0.6 is 0 Å². The number of imide groups is 2. The molecule has 3 heterocycles. The summed E-state index contributed by atoms with van der Waals surface area (Å²) in [7, 11) is 3.31. The van der Waals surface area contributed by atoms with Crippen molar-refractivity contribution in [2.75, 3.05) is 62.8 Å². The lowest BCUT2D eigenvalue weighted by Gasteiger charge is -2.33. The molecule has 6 N–H and O–H groups in total. The average molecular weight is 954 g/mol. The number of carbonyl (C=O) groups excluding carboxylic acids is 7. The van der Waals surface area contributed by atoms with Gasteiger partial charge in [-0.1, -0.05) is 24.8 Å². The molecule has 2 aliphatic heterocycles. The molecule has 20 heteroatoms. The van der Waals surface area contributed by atoms with E-state index < -0.39 is 47.2 Å². The first-order valence-corrected chi connectivity index (χ1v) is 23.1. The lowest BCUT2D eigenvalue weighted by molar-refractivity contribution is -0.136. The normalized spacial score (nSPS) is 14.8. The number of anilines is 4. The van der Waals surface area contributed by atoms with E-state index in [1.807, 2.05) is 38.8 Å². The van der Waals surface area contributed by atoms with Crippen LogP contribution in [0.4, 0.5) is 23.1 Å². The highest BCUT2D eigenvalue weighted by atomic mass is 16.2. The maximum atomic E-state index is 13.5. The molecule has 5 rings (SSSR count). The summed E-state index contributed by atoms with van der Waals surface area (Å²) in [6.45, 7) is 9.33. The molecule has 70 heavy (non-hydrogen) atoms. The Hall–Kier alpha value is -8.15. The van der Waals surface area contributed by atoms with Gasteiger partial charge in [0.25, 0.3) is 17.7 Å². The Balaban J connectivity index is 1.02. The van der Waals surface area contributed by atoms with Gasteiger partial charge in [-0.05, 0) is 96.0 Å². The monoisotopic (exact) mass is 953 g/mol. The van der Waals surface area contributed by atoms with Crippen LogP contribution in [0.15, 0.2) is 60.3 Å². The van der Waals surface area contributed by atoms with Crippen LogP contribution in [0.25, 0.3) is 0 Å². The maximum Gasteiger partial charge on any atom is 0.264 e. The van der Waals surface area contributed by atoms with Gasteiger partial charge in [0.2, 0.25) is 29.6 Å². The van der Waals surface area contributed by atoms with Crippen molar-refractivity contribution >= 4 is 64.5 Å². The van der Waals surface area contributed by atoms with E-state index in [2.05, 4.69) is 59.8 Å². The first kappa shape index (κ1) is 52.8. The molecule has 1 saturated heterocycles. The molecule has 0 aliphatic carbocycles. The van der Waals surface area contributed by atoms with E-state index in [1.165, 1.54) is 18.0 Å². The molecule has 0 saturated carbocycles. The standard InChI is InChI=1S/C50H59N13O7/c1-7-23-55-43-34(31-57-49(60-43)58-36-18-16-33(29-51)17-19-36)13-9-8-10-24-56-44(66)32(2)62(6)46(68)35(30-52)28-50(3,4)61(5)27-12-25-54-40(64)22-26-53-38-15-11-14-37-42(38)48(70)63(47(37)69)39-20-21-41(65)59-45(39)67/h11,14-19,28,31-32,39,53H,7-8,10,12,20-27H2,1-6H3,(H,54,64)(H,56,66)(H,59,65,67)(H2,55,57,58,60). The van der Waals surface area contributed by atoms with Crippen molar-refractivity contribution in [1.29, 1.82) is 10.5 Å². The van der Waals surface area contributed by atoms with Crippen LogP contribution in [-0.2, 0) is 24.0 Å². The Morgan fingerprint density at radius 1 is 0.971 bits per heavy atom. The van der Waals surface area contributed by atoms with Crippen LogP contribution in [0, 0.1) is 34.5 Å². The predicted octanol–water partition coefficient (Wildman–Crippen LogP) is 3.58. The van der Waals surface area contributed by atoms with Crippen molar-refractivity contribution < 1.29 is 33.6 Å². The van der Waals surface area contributed by atoms with E-state index in [0.29, 0.717) is 74.0 Å². The molecule has 1 fully saturated rings. The molecule has 366 valence electrons. The molecular formula is C50H59N13O7. The molecule has 2 unspecified atom stereocenters. The van der Waals surface area contributed by atoms with E-state index >= 15 is 0 Å². The summed E-state index contributed by atoms with van der Waals surface area (Å²) >= 11 is 0. The van der Waals surface area contributed by atoms with Crippen LogP contribution in [-0.4, -0.2) is 130 Å². The molecule has 1 aromatic heterocycles. The molecule has 7 amide bonds. The second-order valence-corrected chi connectivity index (χ2v) is 17.3. The highest BCUT2D eigenvalue weighted by molar-refractivity contribution is 6.25. The topological polar surface area (TPSA) is 275 Å². The van der Waals surface area contributed by atoms with Gasteiger partial charge in [-0.25, -0.2) is 4.98 Å². The van der Waals surface area contributed by atoms with Crippen LogP contribution in [0.5, 0.6) is 0 Å². The third-order valence-electron chi connectivity index (χ3n) is 11.8. The molecule has 2 aliphatic rings. The minimum absolute atomic E-state index is 0.0117. The fourth-order valence-electron chi connectivity index (χ4n) is 7.40. The van der Waals surface area contributed by atoms with E-state index in [0.717, 1.165) is 17.0 Å². The van der Waals surface area contributed by atoms with Gasteiger partial charge in [0, 0.05) is 75.9 Å². The summed E-state index contributed by atoms with van der Waals surface area (Å²) in [6, 6.07) is 13.8. The number of carbonyl (C=O) groups is 7. The number of amides is 7. The fourth-order valence-corrected chi connectivity index (χ4v) is 7.40. The second-order valence-electron chi connectivity index (χ2n) is 17.3. The highest BCUT2D eigenvalue weighted by Gasteiger charge is 2.45. The molecular weight excluding hydrogens is 895 g/mol. The number of nitrogens with one attached hydrogen (secondary N) is 6. The first-order valence-electron chi connectivity index (χ1n) is 23.1. The Morgan fingerprint density at radius 3 is 2.41 bits per heavy atom. The Morgan fingerprint density at radius 2 is 1.71 bits per heavy atom. The van der Waals surface area contributed by atoms with Gasteiger partial charge in [-0.15, -0.1) is 0 Å². The molecule has 20 nitrogen and oxygen atoms in total. The van der Waals surface area contributed by atoms with Crippen LogP contribution in [0.1, 0.15) is 104 Å². The number of unbranched alkanes of at least 4 members (excludes halogenated alkanes) is 1. The maximum absolute atomic E-state index is 13.5. The quantitative estimate of drug-likeness (QED) is 0.0276. The zero-order chi connectivity index (χ0) is 51.0. The molecule has 2 atom stereocenters. The number of nitrogens with zero attached hydrogens (tertiary/aromatic N) is 7. The molecule has 0 radical (unpaired) electrons. The number of likely N-dealkylation sites (N-methyl/N-ethyl adjacent to an activating group) is 2. The lowest BCUT2D eigenvalue weighted by atomic mass is 9.98. The largest absolute Gasteiger partial charge is 0.384 e.